The van der Waals surface area contributed by atoms with Crippen LogP contribution in [0.3, 0.4) is 0 Å². The van der Waals surface area contributed by atoms with Gasteiger partial charge in [0.2, 0.25) is 11.7 Å². The van der Waals surface area contributed by atoms with Crippen LogP contribution >= 0.6 is 11.8 Å². The average Bonchev–Trinajstić information content (AvgIpc) is 2.91. The average molecular weight is 277 g/mol. The maximum absolute atomic E-state index is 11.8. The summed E-state index contributed by atoms with van der Waals surface area (Å²) < 4.78 is 0. The number of anilines is 1. The SMILES string of the molecule is NC(=O)CSc1ccccc1NC(=O)c1ncn[nH]1. The molecule has 1 heterocycles. The number of thioether (sulfide) groups is 1. The van der Waals surface area contributed by atoms with Crippen molar-refractivity contribution in [3.05, 3.63) is 36.4 Å². The highest BCUT2D eigenvalue weighted by Crippen LogP contribution is 2.26. The second kappa shape index (κ2) is 6.01. The molecular weight excluding hydrogens is 266 g/mol. The van der Waals surface area contributed by atoms with Gasteiger partial charge in [0.05, 0.1) is 11.4 Å². The number of carbonyl (C=O) groups excluding carboxylic acids is 2. The number of benzene rings is 1. The summed E-state index contributed by atoms with van der Waals surface area (Å²) in [7, 11) is 0. The Bertz CT molecular complexity index is 585. The third kappa shape index (κ3) is 3.55. The van der Waals surface area contributed by atoms with Crippen LogP contribution in [0.5, 0.6) is 0 Å². The molecule has 1 aromatic heterocycles. The number of aromatic nitrogens is 3. The Morgan fingerprint density at radius 3 is 2.84 bits per heavy atom. The van der Waals surface area contributed by atoms with Crippen molar-refractivity contribution in [2.45, 2.75) is 4.90 Å². The van der Waals surface area contributed by atoms with E-state index in [9.17, 15) is 9.59 Å². The van der Waals surface area contributed by atoms with Crippen molar-refractivity contribution in [1.29, 1.82) is 0 Å². The van der Waals surface area contributed by atoms with E-state index in [4.69, 9.17) is 5.73 Å². The molecule has 2 rings (SSSR count). The molecule has 7 nitrogen and oxygen atoms in total. The minimum absolute atomic E-state index is 0.120. The Morgan fingerprint density at radius 2 is 2.16 bits per heavy atom. The standard InChI is InChI=1S/C11H11N5O2S/c12-9(17)5-19-8-4-2-1-3-7(8)15-11(18)10-13-6-14-16-10/h1-4,6H,5H2,(H2,12,17)(H,15,18)(H,13,14,16). The van der Waals surface area contributed by atoms with E-state index in [0.717, 1.165) is 4.90 Å². The molecule has 1 aromatic carbocycles. The molecule has 19 heavy (non-hydrogen) atoms. The summed E-state index contributed by atoms with van der Waals surface area (Å²) in [5, 5.41) is 8.77. The van der Waals surface area contributed by atoms with Crippen LogP contribution in [0.1, 0.15) is 10.6 Å². The second-order valence-corrected chi connectivity index (χ2v) is 4.56. The number of amides is 2. The van der Waals surface area contributed by atoms with Gasteiger partial charge in [0.1, 0.15) is 6.33 Å². The van der Waals surface area contributed by atoms with Gasteiger partial charge in [-0.15, -0.1) is 11.8 Å². The molecule has 0 fully saturated rings. The number of nitrogens with one attached hydrogen (secondary N) is 2. The minimum Gasteiger partial charge on any atom is -0.369 e. The van der Waals surface area contributed by atoms with Crippen molar-refractivity contribution in [3.8, 4) is 0 Å². The number of hydrogen-bond donors (Lipinski definition) is 3. The van der Waals surface area contributed by atoms with E-state index in [-0.39, 0.29) is 11.6 Å². The number of rotatable bonds is 5. The lowest BCUT2D eigenvalue weighted by atomic mass is 10.3. The summed E-state index contributed by atoms with van der Waals surface area (Å²) in [5.74, 6) is -0.546. The quantitative estimate of drug-likeness (QED) is 0.694. The van der Waals surface area contributed by atoms with Crippen molar-refractivity contribution in [2.24, 2.45) is 5.73 Å². The molecule has 98 valence electrons. The van der Waals surface area contributed by atoms with E-state index in [2.05, 4.69) is 20.5 Å². The maximum atomic E-state index is 11.8. The number of aromatic amines is 1. The summed E-state index contributed by atoms with van der Waals surface area (Å²) in [4.78, 5) is 27.1. The Balaban J connectivity index is 2.11. The topological polar surface area (TPSA) is 114 Å². The second-order valence-electron chi connectivity index (χ2n) is 3.54. The molecule has 0 spiro atoms. The molecule has 0 atom stereocenters. The lowest BCUT2D eigenvalue weighted by molar-refractivity contribution is -0.115. The molecule has 0 bridgehead atoms. The third-order valence-electron chi connectivity index (χ3n) is 2.14. The van der Waals surface area contributed by atoms with Crippen LogP contribution < -0.4 is 11.1 Å². The zero-order valence-electron chi connectivity index (χ0n) is 9.79. The van der Waals surface area contributed by atoms with E-state index in [0.29, 0.717) is 5.69 Å². The Labute approximate surface area is 113 Å². The monoisotopic (exact) mass is 277 g/mol. The highest BCUT2D eigenvalue weighted by Gasteiger charge is 2.11. The first-order valence-corrected chi connectivity index (χ1v) is 6.32. The number of hydrogen-bond acceptors (Lipinski definition) is 5. The van der Waals surface area contributed by atoms with Crippen molar-refractivity contribution < 1.29 is 9.59 Å². The van der Waals surface area contributed by atoms with E-state index in [1.807, 2.05) is 6.07 Å². The predicted molar refractivity (Wildman–Crippen MR) is 70.7 cm³/mol. The van der Waals surface area contributed by atoms with Gasteiger partial charge in [0.15, 0.2) is 0 Å². The largest absolute Gasteiger partial charge is 0.369 e. The van der Waals surface area contributed by atoms with Gasteiger partial charge in [-0.1, -0.05) is 12.1 Å². The summed E-state index contributed by atoms with van der Waals surface area (Å²) >= 11 is 1.26. The number of para-hydroxylation sites is 1. The van der Waals surface area contributed by atoms with Gasteiger partial charge in [0, 0.05) is 4.90 Å². The number of nitrogens with two attached hydrogens (primary N) is 1. The van der Waals surface area contributed by atoms with Gasteiger partial charge in [-0.05, 0) is 12.1 Å². The summed E-state index contributed by atoms with van der Waals surface area (Å²) in [6, 6.07) is 7.12. The molecule has 0 aliphatic carbocycles. The highest BCUT2D eigenvalue weighted by molar-refractivity contribution is 8.00. The summed E-state index contributed by atoms with van der Waals surface area (Å²) in [6.45, 7) is 0. The Kier molecular flexibility index (Phi) is 4.14. The first kappa shape index (κ1) is 13.1. The minimum atomic E-state index is -0.415. The fourth-order valence-corrected chi connectivity index (χ4v) is 2.09. The van der Waals surface area contributed by atoms with E-state index >= 15 is 0 Å². The van der Waals surface area contributed by atoms with Crippen LogP contribution in [0.4, 0.5) is 5.69 Å². The highest BCUT2D eigenvalue weighted by atomic mass is 32.2. The van der Waals surface area contributed by atoms with E-state index in [1.165, 1.54) is 18.1 Å². The molecule has 0 aliphatic heterocycles. The van der Waals surface area contributed by atoms with Crippen LogP contribution in [-0.4, -0.2) is 32.7 Å². The number of nitrogens with zero attached hydrogens (tertiary/aromatic N) is 2. The lowest BCUT2D eigenvalue weighted by Gasteiger charge is -2.08. The van der Waals surface area contributed by atoms with Crippen LogP contribution in [0.2, 0.25) is 0 Å². The third-order valence-corrected chi connectivity index (χ3v) is 3.23. The first-order chi connectivity index (χ1) is 9.16. The zero-order valence-corrected chi connectivity index (χ0v) is 10.6. The Hall–Kier alpha value is -2.35. The van der Waals surface area contributed by atoms with Crippen molar-refractivity contribution in [2.75, 3.05) is 11.1 Å². The van der Waals surface area contributed by atoms with Crippen LogP contribution in [-0.2, 0) is 4.79 Å². The molecule has 0 saturated carbocycles. The van der Waals surface area contributed by atoms with Gasteiger partial charge in [-0.2, -0.15) is 5.10 Å². The van der Waals surface area contributed by atoms with Gasteiger partial charge in [0.25, 0.3) is 5.91 Å². The smallest absolute Gasteiger partial charge is 0.293 e. The summed E-state index contributed by atoms with van der Waals surface area (Å²) in [6.07, 6.45) is 1.25. The molecule has 8 heteroatoms. The first-order valence-electron chi connectivity index (χ1n) is 5.33. The molecule has 4 N–H and O–H groups in total. The molecule has 0 saturated heterocycles. The number of H-pyrrole nitrogens is 1. The van der Waals surface area contributed by atoms with Crippen molar-refractivity contribution >= 4 is 29.3 Å². The zero-order chi connectivity index (χ0) is 13.7. The van der Waals surface area contributed by atoms with Crippen molar-refractivity contribution in [3.63, 3.8) is 0 Å². The number of carbonyl (C=O) groups is 2. The number of primary amides is 1. The molecular formula is C11H11N5O2S. The summed E-state index contributed by atoms with van der Waals surface area (Å²) in [5.41, 5.74) is 5.69. The van der Waals surface area contributed by atoms with Crippen LogP contribution in [0, 0.1) is 0 Å². The molecule has 0 aliphatic rings. The fourth-order valence-electron chi connectivity index (χ4n) is 1.34. The molecule has 2 amide bonds. The van der Waals surface area contributed by atoms with Crippen LogP contribution in [0.15, 0.2) is 35.5 Å². The normalized spacial score (nSPS) is 10.1. The van der Waals surface area contributed by atoms with Gasteiger partial charge < -0.3 is 11.1 Å². The fraction of sp³-hybridized carbons (Fsp3) is 0.0909. The van der Waals surface area contributed by atoms with Gasteiger partial charge in [-0.3, -0.25) is 14.7 Å². The predicted octanol–water partition coefficient (Wildman–Crippen LogP) is 0.634. The van der Waals surface area contributed by atoms with Crippen molar-refractivity contribution in [1.82, 2.24) is 15.2 Å². The maximum Gasteiger partial charge on any atom is 0.293 e. The van der Waals surface area contributed by atoms with E-state index < -0.39 is 11.8 Å². The Morgan fingerprint density at radius 1 is 1.37 bits per heavy atom. The molecule has 2 aromatic rings. The molecule has 0 unspecified atom stereocenters. The van der Waals surface area contributed by atoms with Crippen LogP contribution in [0.25, 0.3) is 0 Å². The van der Waals surface area contributed by atoms with Gasteiger partial charge >= 0.3 is 0 Å². The lowest BCUT2D eigenvalue weighted by Crippen LogP contribution is -2.15. The van der Waals surface area contributed by atoms with E-state index in [1.54, 1.807) is 18.2 Å². The van der Waals surface area contributed by atoms with Gasteiger partial charge in [-0.25, -0.2) is 4.98 Å². The molecule has 0 radical (unpaired) electrons.